The Morgan fingerprint density at radius 1 is 1.30 bits per heavy atom. The van der Waals surface area contributed by atoms with Gasteiger partial charge in [-0.1, -0.05) is 30.3 Å². The highest BCUT2D eigenvalue weighted by Gasteiger charge is 2.13. The Kier molecular flexibility index (Phi) is 3.30. The molecule has 0 saturated carbocycles. The largest absolute Gasteiger partial charge is 0.348 e. The summed E-state index contributed by atoms with van der Waals surface area (Å²) in [6.07, 6.45) is 2.94. The maximum Gasteiger partial charge on any atom is 0.271 e. The van der Waals surface area contributed by atoms with Crippen molar-refractivity contribution in [1.82, 2.24) is 14.7 Å². The van der Waals surface area contributed by atoms with Gasteiger partial charge in [-0.05, 0) is 5.56 Å². The molecule has 0 bridgehead atoms. The minimum Gasteiger partial charge on any atom is -0.348 e. The summed E-state index contributed by atoms with van der Waals surface area (Å²) < 4.78 is 1.38. The normalized spacial score (nSPS) is 10.6. The second kappa shape index (κ2) is 5.26. The number of nitrogens with zero attached hydrogens (tertiary/aromatic N) is 2. The van der Waals surface area contributed by atoms with Crippen LogP contribution < -0.4 is 10.9 Å². The zero-order chi connectivity index (χ0) is 13.9. The van der Waals surface area contributed by atoms with Crippen molar-refractivity contribution in [3.63, 3.8) is 0 Å². The molecule has 2 heterocycles. The van der Waals surface area contributed by atoms with E-state index in [0.717, 1.165) is 5.56 Å². The molecule has 0 radical (unpaired) electrons. The first-order chi connectivity index (χ1) is 9.75. The molecule has 1 aromatic carbocycles. The zero-order valence-electron chi connectivity index (χ0n) is 10.4. The SMILES string of the molecule is O=C(NCc1ccccc1)c1cnc2sccn2c1=O. The van der Waals surface area contributed by atoms with Crippen molar-refractivity contribution in [3.05, 3.63) is 69.6 Å². The Bertz CT molecular complexity index is 808. The molecule has 0 unspecified atom stereocenters. The molecule has 0 fully saturated rings. The smallest absolute Gasteiger partial charge is 0.271 e. The summed E-state index contributed by atoms with van der Waals surface area (Å²) in [6.45, 7) is 0.380. The third kappa shape index (κ3) is 2.33. The van der Waals surface area contributed by atoms with Crippen LogP contribution in [-0.4, -0.2) is 15.3 Å². The molecular weight excluding hydrogens is 274 g/mol. The van der Waals surface area contributed by atoms with E-state index in [1.165, 1.54) is 21.9 Å². The van der Waals surface area contributed by atoms with Gasteiger partial charge in [-0.2, -0.15) is 0 Å². The second-order valence-corrected chi connectivity index (χ2v) is 5.07. The van der Waals surface area contributed by atoms with Gasteiger partial charge in [0.1, 0.15) is 5.56 Å². The third-order valence-electron chi connectivity index (χ3n) is 2.88. The number of amides is 1. The van der Waals surface area contributed by atoms with Gasteiger partial charge in [0, 0.05) is 24.3 Å². The molecule has 3 rings (SSSR count). The van der Waals surface area contributed by atoms with Crippen LogP contribution in [0, 0.1) is 0 Å². The summed E-state index contributed by atoms with van der Waals surface area (Å²) in [6, 6.07) is 9.53. The highest BCUT2D eigenvalue weighted by molar-refractivity contribution is 7.15. The maximum absolute atomic E-state index is 12.1. The molecule has 1 N–H and O–H groups in total. The predicted octanol–water partition coefficient (Wildman–Crippen LogP) is 1.69. The van der Waals surface area contributed by atoms with Crippen LogP contribution in [-0.2, 0) is 6.54 Å². The van der Waals surface area contributed by atoms with Crippen LogP contribution >= 0.6 is 11.3 Å². The number of rotatable bonds is 3. The molecule has 0 aliphatic rings. The van der Waals surface area contributed by atoms with E-state index in [0.29, 0.717) is 11.5 Å². The van der Waals surface area contributed by atoms with Gasteiger partial charge in [-0.15, -0.1) is 11.3 Å². The fourth-order valence-corrected chi connectivity index (χ4v) is 2.53. The number of thiazole rings is 1. The van der Waals surface area contributed by atoms with Gasteiger partial charge < -0.3 is 5.32 Å². The Balaban J connectivity index is 1.82. The molecule has 0 saturated heterocycles. The lowest BCUT2D eigenvalue weighted by atomic mass is 10.2. The van der Waals surface area contributed by atoms with Crippen LogP contribution in [0.5, 0.6) is 0 Å². The monoisotopic (exact) mass is 285 g/mol. The average Bonchev–Trinajstić information content (AvgIpc) is 2.96. The molecule has 6 heteroatoms. The van der Waals surface area contributed by atoms with E-state index in [1.54, 1.807) is 11.6 Å². The Labute approximate surface area is 118 Å². The van der Waals surface area contributed by atoms with Crippen LogP contribution in [0.1, 0.15) is 15.9 Å². The van der Waals surface area contributed by atoms with Crippen LogP contribution in [0.25, 0.3) is 4.96 Å². The number of hydrogen-bond donors (Lipinski definition) is 1. The van der Waals surface area contributed by atoms with E-state index >= 15 is 0 Å². The van der Waals surface area contributed by atoms with Crippen LogP contribution in [0.15, 0.2) is 52.9 Å². The highest BCUT2D eigenvalue weighted by atomic mass is 32.1. The Hall–Kier alpha value is -2.47. The topological polar surface area (TPSA) is 63.5 Å². The Morgan fingerprint density at radius 3 is 2.90 bits per heavy atom. The van der Waals surface area contributed by atoms with Crippen LogP contribution in [0.4, 0.5) is 0 Å². The molecule has 0 atom stereocenters. The fraction of sp³-hybridized carbons (Fsp3) is 0.0714. The number of nitrogens with one attached hydrogen (secondary N) is 1. The number of fused-ring (bicyclic) bond motifs is 1. The molecule has 3 aromatic rings. The molecule has 0 aliphatic carbocycles. The number of benzene rings is 1. The molecule has 2 aromatic heterocycles. The zero-order valence-corrected chi connectivity index (χ0v) is 11.3. The maximum atomic E-state index is 12.1. The first-order valence-corrected chi connectivity index (χ1v) is 6.90. The van der Waals surface area contributed by atoms with Gasteiger partial charge in [-0.25, -0.2) is 4.98 Å². The number of carbonyl (C=O) groups excluding carboxylic acids is 1. The first kappa shape index (κ1) is 12.6. The van der Waals surface area contributed by atoms with E-state index in [1.807, 2.05) is 30.3 Å². The van der Waals surface area contributed by atoms with Gasteiger partial charge >= 0.3 is 0 Å². The average molecular weight is 285 g/mol. The van der Waals surface area contributed by atoms with E-state index in [2.05, 4.69) is 10.3 Å². The van der Waals surface area contributed by atoms with Gasteiger partial charge in [-0.3, -0.25) is 14.0 Å². The summed E-state index contributed by atoms with van der Waals surface area (Å²) in [5, 5.41) is 4.48. The number of hydrogen-bond acceptors (Lipinski definition) is 4. The van der Waals surface area contributed by atoms with Crippen molar-refractivity contribution in [1.29, 1.82) is 0 Å². The predicted molar refractivity (Wildman–Crippen MR) is 77.0 cm³/mol. The van der Waals surface area contributed by atoms with E-state index in [9.17, 15) is 9.59 Å². The third-order valence-corrected chi connectivity index (χ3v) is 3.65. The van der Waals surface area contributed by atoms with Gasteiger partial charge in [0.15, 0.2) is 4.96 Å². The Morgan fingerprint density at radius 2 is 2.10 bits per heavy atom. The van der Waals surface area contributed by atoms with Crippen molar-refractivity contribution in [2.45, 2.75) is 6.54 Å². The summed E-state index contributed by atoms with van der Waals surface area (Å²) >= 11 is 1.35. The van der Waals surface area contributed by atoms with Gasteiger partial charge in [0.25, 0.3) is 11.5 Å². The van der Waals surface area contributed by atoms with Crippen molar-refractivity contribution in [2.75, 3.05) is 0 Å². The molecule has 5 nitrogen and oxygen atoms in total. The molecule has 0 spiro atoms. The first-order valence-electron chi connectivity index (χ1n) is 6.03. The van der Waals surface area contributed by atoms with Crippen LogP contribution in [0.2, 0.25) is 0 Å². The van der Waals surface area contributed by atoms with Crippen LogP contribution in [0.3, 0.4) is 0 Å². The molecule has 20 heavy (non-hydrogen) atoms. The highest BCUT2D eigenvalue weighted by Crippen LogP contribution is 2.06. The molecular formula is C14H11N3O2S. The van der Waals surface area contributed by atoms with Gasteiger partial charge in [0.05, 0.1) is 0 Å². The van der Waals surface area contributed by atoms with E-state index in [4.69, 9.17) is 0 Å². The summed E-state index contributed by atoms with van der Waals surface area (Å²) in [5.41, 5.74) is 0.684. The lowest BCUT2D eigenvalue weighted by Crippen LogP contribution is -2.30. The fourth-order valence-electron chi connectivity index (χ4n) is 1.85. The van der Waals surface area contributed by atoms with Crippen molar-refractivity contribution < 1.29 is 4.79 Å². The quantitative estimate of drug-likeness (QED) is 0.796. The number of aromatic nitrogens is 2. The van der Waals surface area contributed by atoms with Gasteiger partial charge in [0.2, 0.25) is 0 Å². The van der Waals surface area contributed by atoms with E-state index in [-0.39, 0.29) is 11.1 Å². The van der Waals surface area contributed by atoms with Crippen molar-refractivity contribution in [2.24, 2.45) is 0 Å². The second-order valence-electron chi connectivity index (χ2n) is 4.20. The molecule has 0 aliphatic heterocycles. The summed E-state index contributed by atoms with van der Waals surface area (Å²) in [5.74, 6) is -0.410. The molecule has 100 valence electrons. The minimum atomic E-state index is -0.410. The van der Waals surface area contributed by atoms with E-state index < -0.39 is 5.91 Å². The lowest BCUT2D eigenvalue weighted by Gasteiger charge is -2.04. The van der Waals surface area contributed by atoms with Crippen molar-refractivity contribution >= 4 is 22.2 Å². The summed E-state index contributed by atoms with van der Waals surface area (Å²) in [4.78, 5) is 28.8. The van der Waals surface area contributed by atoms with Crippen molar-refractivity contribution in [3.8, 4) is 0 Å². The molecule has 1 amide bonds. The standard InChI is InChI=1S/C14H11N3O2S/c18-12(15-8-10-4-2-1-3-5-10)11-9-16-14-17(13(11)19)6-7-20-14/h1-7,9H,8H2,(H,15,18). The lowest BCUT2D eigenvalue weighted by molar-refractivity contribution is 0.0949. The summed E-state index contributed by atoms with van der Waals surface area (Å²) in [7, 11) is 0. The minimum absolute atomic E-state index is 0.0526. The number of carbonyl (C=O) groups is 1.